The minimum Gasteiger partial charge on any atom is -0.364 e. The predicted octanol–water partition coefficient (Wildman–Crippen LogP) is 0.855. The van der Waals surface area contributed by atoms with E-state index in [1.165, 1.54) is 0 Å². The largest absolute Gasteiger partial charge is 0.364 e. The molecule has 0 saturated heterocycles. The van der Waals surface area contributed by atoms with Crippen molar-refractivity contribution >= 4 is 21.7 Å². The molecule has 2 N–H and O–H groups in total. The van der Waals surface area contributed by atoms with Crippen molar-refractivity contribution in [2.24, 2.45) is 0 Å². The van der Waals surface area contributed by atoms with Crippen molar-refractivity contribution in [3.63, 3.8) is 0 Å². The molecule has 100 valence electrons. The number of pyridine rings is 1. The zero-order valence-corrected chi connectivity index (χ0v) is 11.1. The number of aromatic nitrogens is 3. The van der Waals surface area contributed by atoms with Crippen LogP contribution in [0.5, 0.6) is 0 Å². The molecule has 0 unspecified atom stereocenters. The molecule has 0 aliphatic heterocycles. The highest BCUT2D eigenvalue weighted by molar-refractivity contribution is 7.92. The van der Waals surface area contributed by atoms with E-state index in [1.54, 1.807) is 24.5 Å². The molecular formula is C11H13N5O2S. The Labute approximate surface area is 111 Å². The monoisotopic (exact) mass is 279 g/mol. The van der Waals surface area contributed by atoms with Gasteiger partial charge in [-0.1, -0.05) is 6.07 Å². The molecule has 0 atom stereocenters. The third-order valence-corrected chi connectivity index (χ3v) is 2.73. The first-order valence-electron chi connectivity index (χ1n) is 5.47. The van der Waals surface area contributed by atoms with Crippen LogP contribution in [0.15, 0.2) is 36.7 Å². The first-order valence-corrected chi connectivity index (χ1v) is 7.36. The Morgan fingerprint density at radius 3 is 2.47 bits per heavy atom. The van der Waals surface area contributed by atoms with Crippen molar-refractivity contribution in [2.45, 2.75) is 6.54 Å². The summed E-state index contributed by atoms with van der Waals surface area (Å²) in [4.78, 5) is 4.00. The molecule has 0 fully saturated rings. The van der Waals surface area contributed by atoms with Gasteiger partial charge in [-0.15, -0.1) is 10.2 Å². The fourth-order valence-electron chi connectivity index (χ4n) is 1.37. The topological polar surface area (TPSA) is 96.9 Å². The van der Waals surface area contributed by atoms with Crippen LogP contribution in [0.1, 0.15) is 5.56 Å². The summed E-state index contributed by atoms with van der Waals surface area (Å²) in [7, 11) is -3.33. The van der Waals surface area contributed by atoms with E-state index >= 15 is 0 Å². The average molecular weight is 279 g/mol. The van der Waals surface area contributed by atoms with Gasteiger partial charge in [0.25, 0.3) is 0 Å². The fraction of sp³-hybridized carbons (Fsp3) is 0.182. The number of nitrogens with zero attached hydrogens (tertiary/aromatic N) is 3. The molecule has 0 aliphatic rings. The van der Waals surface area contributed by atoms with Crippen LogP contribution in [0.4, 0.5) is 11.6 Å². The van der Waals surface area contributed by atoms with Crippen LogP contribution >= 0.6 is 0 Å². The average Bonchev–Trinajstić information content (AvgIpc) is 2.37. The maximum Gasteiger partial charge on any atom is 0.231 e. The van der Waals surface area contributed by atoms with E-state index in [9.17, 15) is 8.42 Å². The molecule has 7 nitrogen and oxygen atoms in total. The quantitative estimate of drug-likeness (QED) is 0.842. The Morgan fingerprint density at radius 1 is 1.16 bits per heavy atom. The lowest BCUT2D eigenvalue weighted by molar-refractivity contribution is 0.606. The Hall–Kier alpha value is -2.22. The second kappa shape index (κ2) is 5.61. The molecule has 0 aliphatic carbocycles. The van der Waals surface area contributed by atoms with Gasteiger partial charge in [-0.2, -0.15) is 0 Å². The summed E-state index contributed by atoms with van der Waals surface area (Å²) in [6.45, 7) is 0.571. The van der Waals surface area contributed by atoms with Gasteiger partial charge in [0.05, 0.1) is 6.26 Å². The standard InChI is InChI=1S/C11H13N5O2S/c1-19(17,18)16-11-5-4-10(14-15-11)13-8-9-3-2-6-12-7-9/h2-7H,8H2,1H3,(H,13,14)(H,15,16). The molecular weight excluding hydrogens is 266 g/mol. The molecule has 0 amide bonds. The number of anilines is 2. The van der Waals surface area contributed by atoms with Gasteiger partial charge >= 0.3 is 0 Å². The molecule has 2 heterocycles. The second-order valence-corrected chi connectivity index (χ2v) is 5.64. The van der Waals surface area contributed by atoms with Crippen molar-refractivity contribution < 1.29 is 8.42 Å². The van der Waals surface area contributed by atoms with E-state index in [4.69, 9.17) is 0 Å². The SMILES string of the molecule is CS(=O)(=O)Nc1ccc(NCc2cccnc2)nn1. The minimum absolute atomic E-state index is 0.189. The van der Waals surface area contributed by atoms with Gasteiger partial charge in [0, 0.05) is 18.9 Å². The van der Waals surface area contributed by atoms with E-state index in [-0.39, 0.29) is 5.82 Å². The van der Waals surface area contributed by atoms with Crippen LogP contribution in [0.2, 0.25) is 0 Å². The fourth-order valence-corrected chi connectivity index (χ4v) is 1.86. The number of nitrogens with one attached hydrogen (secondary N) is 2. The van der Waals surface area contributed by atoms with Gasteiger partial charge in [-0.05, 0) is 23.8 Å². The summed E-state index contributed by atoms with van der Waals surface area (Å²) in [5.41, 5.74) is 1.02. The zero-order chi connectivity index (χ0) is 13.7. The Kier molecular flexibility index (Phi) is 3.91. The molecule has 2 rings (SSSR count). The van der Waals surface area contributed by atoms with Crippen molar-refractivity contribution in [3.05, 3.63) is 42.2 Å². The lowest BCUT2D eigenvalue weighted by Crippen LogP contribution is -2.11. The summed E-state index contributed by atoms with van der Waals surface area (Å²) in [5.74, 6) is 0.748. The molecule has 0 bridgehead atoms. The molecule has 0 spiro atoms. The molecule has 8 heteroatoms. The van der Waals surface area contributed by atoms with Crippen molar-refractivity contribution in [1.82, 2.24) is 15.2 Å². The molecule has 2 aromatic heterocycles. The predicted molar refractivity (Wildman–Crippen MR) is 72.1 cm³/mol. The highest BCUT2D eigenvalue weighted by Crippen LogP contribution is 2.08. The zero-order valence-electron chi connectivity index (χ0n) is 10.2. The third kappa shape index (κ3) is 4.51. The van der Waals surface area contributed by atoms with E-state index in [2.05, 4.69) is 25.2 Å². The van der Waals surface area contributed by atoms with Crippen molar-refractivity contribution in [1.29, 1.82) is 0 Å². The van der Waals surface area contributed by atoms with Gasteiger partial charge in [0.2, 0.25) is 10.0 Å². The first-order chi connectivity index (χ1) is 9.03. The van der Waals surface area contributed by atoms with Crippen LogP contribution in [0.3, 0.4) is 0 Å². The summed E-state index contributed by atoms with van der Waals surface area (Å²) in [6, 6.07) is 6.98. The Morgan fingerprint density at radius 2 is 1.89 bits per heavy atom. The molecule has 0 radical (unpaired) electrons. The number of hydrogen-bond acceptors (Lipinski definition) is 6. The van der Waals surface area contributed by atoms with Gasteiger partial charge in [-0.25, -0.2) is 8.42 Å². The summed E-state index contributed by atoms with van der Waals surface area (Å²) >= 11 is 0. The van der Waals surface area contributed by atoms with Crippen LogP contribution < -0.4 is 10.0 Å². The van der Waals surface area contributed by atoms with E-state index < -0.39 is 10.0 Å². The van der Waals surface area contributed by atoms with Gasteiger partial charge in [0.1, 0.15) is 5.82 Å². The van der Waals surface area contributed by atoms with E-state index in [1.807, 2.05) is 12.1 Å². The smallest absolute Gasteiger partial charge is 0.231 e. The molecule has 0 saturated carbocycles. The number of sulfonamides is 1. The van der Waals surface area contributed by atoms with E-state index in [0.29, 0.717) is 12.4 Å². The van der Waals surface area contributed by atoms with Crippen molar-refractivity contribution in [2.75, 3.05) is 16.3 Å². The van der Waals surface area contributed by atoms with Crippen molar-refractivity contribution in [3.8, 4) is 0 Å². The van der Waals surface area contributed by atoms with Crippen LogP contribution in [0, 0.1) is 0 Å². The third-order valence-electron chi connectivity index (χ3n) is 2.15. The lowest BCUT2D eigenvalue weighted by atomic mass is 10.3. The maximum absolute atomic E-state index is 11.0. The highest BCUT2D eigenvalue weighted by Gasteiger charge is 2.03. The Balaban J connectivity index is 1.96. The van der Waals surface area contributed by atoms with Gasteiger partial charge < -0.3 is 5.32 Å². The summed E-state index contributed by atoms with van der Waals surface area (Å²) in [5, 5.41) is 10.7. The van der Waals surface area contributed by atoms with Crippen LogP contribution in [0.25, 0.3) is 0 Å². The lowest BCUT2D eigenvalue weighted by Gasteiger charge is -2.06. The maximum atomic E-state index is 11.0. The molecule has 2 aromatic rings. The first kappa shape index (κ1) is 13.2. The highest BCUT2D eigenvalue weighted by atomic mass is 32.2. The van der Waals surface area contributed by atoms with Gasteiger partial charge in [0.15, 0.2) is 5.82 Å². The second-order valence-electron chi connectivity index (χ2n) is 3.89. The number of rotatable bonds is 5. The van der Waals surface area contributed by atoms with Crippen LogP contribution in [-0.2, 0) is 16.6 Å². The normalized spacial score (nSPS) is 11.0. The minimum atomic E-state index is -3.33. The number of hydrogen-bond donors (Lipinski definition) is 2. The van der Waals surface area contributed by atoms with E-state index in [0.717, 1.165) is 11.8 Å². The Bertz CT molecular complexity index is 628. The van der Waals surface area contributed by atoms with Crippen LogP contribution in [-0.4, -0.2) is 29.9 Å². The molecule has 0 aromatic carbocycles. The molecule has 19 heavy (non-hydrogen) atoms. The summed E-state index contributed by atoms with van der Waals surface area (Å²) in [6.07, 6.45) is 4.51. The summed E-state index contributed by atoms with van der Waals surface area (Å²) < 4.78 is 24.2. The van der Waals surface area contributed by atoms with Gasteiger partial charge in [-0.3, -0.25) is 9.71 Å².